The van der Waals surface area contributed by atoms with E-state index in [0.717, 1.165) is 5.13 Å². The molecular formula is C20H19N3O3S. The van der Waals surface area contributed by atoms with E-state index in [1.54, 1.807) is 7.11 Å². The van der Waals surface area contributed by atoms with Crippen molar-refractivity contribution in [2.75, 3.05) is 20.3 Å². The van der Waals surface area contributed by atoms with Crippen molar-refractivity contribution in [3.05, 3.63) is 59.4 Å². The van der Waals surface area contributed by atoms with Crippen molar-refractivity contribution in [3.63, 3.8) is 0 Å². The third-order valence-electron chi connectivity index (χ3n) is 3.65. The van der Waals surface area contributed by atoms with Crippen molar-refractivity contribution < 1.29 is 14.3 Å². The highest BCUT2D eigenvalue weighted by molar-refractivity contribution is 7.16. The first-order valence-corrected chi connectivity index (χ1v) is 9.11. The number of methoxy groups -OCH3 is 1. The number of benzene rings is 1. The van der Waals surface area contributed by atoms with Crippen LogP contribution in [0.5, 0.6) is 11.5 Å². The van der Waals surface area contributed by atoms with Gasteiger partial charge in [0, 0.05) is 12.4 Å². The van der Waals surface area contributed by atoms with Gasteiger partial charge in [0.15, 0.2) is 16.6 Å². The zero-order valence-electron chi connectivity index (χ0n) is 15.1. The Bertz CT molecular complexity index is 968. The molecule has 2 aromatic heterocycles. The van der Waals surface area contributed by atoms with Crippen LogP contribution in [0.15, 0.2) is 48.8 Å². The van der Waals surface area contributed by atoms with E-state index >= 15 is 0 Å². The number of nitrogens with one attached hydrogen (secondary N) is 1. The average Bonchev–Trinajstić information content (AvgIpc) is 3.34. The number of aryl methyl sites for hydroxylation is 1. The molecule has 138 valence electrons. The Labute approximate surface area is 161 Å². The number of rotatable bonds is 6. The van der Waals surface area contributed by atoms with Gasteiger partial charge < -0.3 is 19.4 Å². The van der Waals surface area contributed by atoms with Crippen LogP contribution in [-0.4, -0.2) is 35.7 Å². The molecule has 1 amide bonds. The van der Waals surface area contributed by atoms with Crippen molar-refractivity contribution in [2.45, 2.75) is 6.92 Å². The van der Waals surface area contributed by atoms with Crippen molar-refractivity contribution in [1.82, 2.24) is 14.9 Å². The minimum atomic E-state index is -0.177. The van der Waals surface area contributed by atoms with Gasteiger partial charge in [-0.1, -0.05) is 35.3 Å². The molecule has 0 atom stereocenters. The topological polar surface area (TPSA) is 65.4 Å². The van der Waals surface area contributed by atoms with Crippen LogP contribution in [0.25, 0.3) is 5.13 Å². The van der Waals surface area contributed by atoms with Crippen molar-refractivity contribution in [3.8, 4) is 28.5 Å². The lowest BCUT2D eigenvalue weighted by Crippen LogP contribution is -2.23. The van der Waals surface area contributed by atoms with Gasteiger partial charge in [-0.15, -0.1) is 0 Å². The fourth-order valence-electron chi connectivity index (χ4n) is 2.34. The standard InChI is InChI=1S/C20H19N3O3S/c1-15-18(27-20(22-15)23-12-6-7-13-23)19(24)21-11-5-8-14-26-17-10-4-3-9-16(17)25-2/h3-4,6-7,9-10,12-13H,11,14H2,1-2H3,(H,21,24). The first-order valence-electron chi connectivity index (χ1n) is 8.29. The number of hydrogen-bond acceptors (Lipinski definition) is 5. The molecule has 0 radical (unpaired) electrons. The summed E-state index contributed by atoms with van der Waals surface area (Å²) < 4.78 is 12.6. The number of para-hydroxylation sites is 2. The monoisotopic (exact) mass is 381 g/mol. The molecule has 0 saturated heterocycles. The smallest absolute Gasteiger partial charge is 0.264 e. The van der Waals surface area contributed by atoms with E-state index in [-0.39, 0.29) is 19.1 Å². The second kappa shape index (κ2) is 8.92. The van der Waals surface area contributed by atoms with Crippen LogP contribution in [0.1, 0.15) is 15.4 Å². The Hall–Kier alpha value is -3.24. The molecular weight excluding hydrogens is 362 g/mol. The number of carbonyl (C=O) groups excluding carboxylic acids is 1. The SMILES string of the molecule is COc1ccccc1OCC#CCNC(=O)c1sc(-n2cccc2)nc1C. The van der Waals surface area contributed by atoms with E-state index in [0.29, 0.717) is 22.1 Å². The van der Waals surface area contributed by atoms with Gasteiger partial charge in [0.2, 0.25) is 0 Å². The predicted octanol–water partition coefficient (Wildman–Crippen LogP) is 3.06. The molecule has 0 bridgehead atoms. The normalized spacial score (nSPS) is 10.0. The van der Waals surface area contributed by atoms with E-state index < -0.39 is 0 Å². The molecule has 3 aromatic rings. The lowest BCUT2D eigenvalue weighted by Gasteiger charge is -2.07. The summed E-state index contributed by atoms with van der Waals surface area (Å²) in [5.74, 6) is 6.87. The van der Waals surface area contributed by atoms with Crippen LogP contribution < -0.4 is 14.8 Å². The molecule has 0 unspecified atom stereocenters. The number of aromatic nitrogens is 2. The molecule has 27 heavy (non-hydrogen) atoms. The maximum atomic E-state index is 12.3. The van der Waals surface area contributed by atoms with Gasteiger partial charge in [-0.3, -0.25) is 4.79 Å². The third-order valence-corrected chi connectivity index (χ3v) is 4.82. The van der Waals surface area contributed by atoms with E-state index in [9.17, 15) is 4.79 Å². The third kappa shape index (κ3) is 4.68. The minimum Gasteiger partial charge on any atom is -0.493 e. The predicted molar refractivity (Wildman–Crippen MR) is 105 cm³/mol. The molecule has 0 aliphatic carbocycles. The summed E-state index contributed by atoms with van der Waals surface area (Å²) in [5, 5.41) is 3.55. The van der Waals surface area contributed by atoms with E-state index in [2.05, 4.69) is 22.1 Å². The number of ether oxygens (including phenoxy) is 2. The first kappa shape index (κ1) is 18.5. The van der Waals surface area contributed by atoms with Crippen LogP contribution in [0.4, 0.5) is 0 Å². The van der Waals surface area contributed by atoms with E-state index in [1.807, 2.05) is 60.3 Å². The lowest BCUT2D eigenvalue weighted by molar-refractivity contribution is 0.0962. The number of thiazole rings is 1. The molecule has 1 aromatic carbocycles. The Morgan fingerprint density at radius 2 is 1.93 bits per heavy atom. The van der Waals surface area contributed by atoms with E-state index in [1.165, 1.54) is 11.3 Å². The Morgan fingerprint density at radius 1 is 1.19 bits per heavy atom. The summed E-state index contributed by atoms with van der Waals surface area (Å²) in [4.78, 5) is 17.3. The van der Waals surface area contributed by atoms with Crippen LogP contribution in [-0.2, 0) is 0 Å². The molecule has 6 nitrogen and oxygen atoms in total. The van der Waals surface area contributed by atoms with Crippen LogP contribution in [0.2, 0.25) is 0 Å². The molecule has 2 heterocycles. The molecule has 0 aliphatic rings. The first-order chi connectivity index (χ1) is 13.2. The lowest BCUT2D eigenvalue weighted by atomic mass is 10.3. The summed E-state index contributed by atoms with van der Waals surface area (Å²) in [6, 6.07) is 11.2. The van der Waals surface area contributed by atoms with Crippen LogP contribution in [0, 0.1) is 18.8 Å². The number of hydrogen-bond donors (Lipinski definition) is 1. The second-order valence-electron chi connectivity index (χ2n) is 5.48. The zero-order chi connectivity index (χ0) is 19.1. The summed E-state index contributed by atoms with van der Waals surface area (Å²) in [7, 11) is 1.59. The van der Waals surface area contributed by atoms with Gasteiger partial charge in [0.25, 0.3) is 5.91 Å². The maximum absolute atomic E-state index is 12.3. The Balaban J connectivity index is 1.50. The zero-order valence-corrected chi connectivity index (χ0v) is 15.9. The van der Waals surface area contributed by atoms with E-state index in [4.69, 9.17) is 9.47 Å². The van der Waals surface area contributed by atoms with Crippen molar-refractivity contribution in [2.24, 2.45) is 0 Å². The highest BCUT2D eigenvalue weighted by Crippen LogP contribution is 2.25. The number of carbonyl (C=O) groups is 1. The van der Waals surface area contributed by atoms with Gasteiger partial charge in [0.05, 0.1) is 19.3 Å². The Morgan fingerprint density at radius 3 is 2.67 bits per heavy atom. The molecule has 3 rings (SSSR count). The summed E-state index contributed by atoms with van der Waals surface area (Å²) >= 11 is 1.35. The van der Waals surface area contributed by atoms with Crippen molar-refractivity contribution in [1.29, 1.82) is 0 Å². The molecule has 1 N–H and O–H groups in total. The Kier molecular flexibility index (Phi) is 6.13. The van der Waals surface area contributed by atoms with Crippen LogP contribution in [0.3, 0.4) is 0 Å². The molecule has 7 heteroatoms. The minimum absolute atomic E-state index is 0.177. The highest BCUT2D eigenvalue weighted by Gasteiger charge is 2.15. The van der Waals surface area contributed by atoms with Gasteiger partial charge in [0.1, 0.15) is 11.5 Å². The van der Waals surface area contributed by atoms with Gasteiger partial charge in [-0.2, -0.15) is 0 Å². The number of amides is 1. The average molecular weight is 381 g/mol. The second-order valence-corrected chi connectivity index (χ2v) is 6.45. The fourth-order valence-corrected chi connectivity index (χ4v) is 3.29. The summed E-state index contributed by atoms with van der Waals surface area (Å²) in [6.07, 6.45) is 3.79. The number of nitrogens with zero attached hydrogens (tertiary/aromatic N) is 2. The molecule has 0 fully saturated rings. The maximum Gasteiger partial charge on any atom is 0.264 e. The van der Waals surface area contributed by atoms with Gasteiger partial charge >= 0.3 is 0 Å². The van der Waals surface area contributed by atoms with Gasteiger partial charge in [-0.05, 0) is 31.2 Å². The van der Waals surface area contributed by atoms with Gasteiger partial charge in [-0.25, -0.2) is 4.98 Å². The fraction of sp³-hybridized carbons (Fsp3) is 0.200. The molecule has 0 saturated carbocycles. The summed E-state index contributed by atoms with van der Waals surface area (Å²) in [5.41, 5.74) is 0.702. The highest BCUT2D eigenvalue weighted by atomic mass is 32.1. The summed E-state index contributed by atoms with van der Waals surface area (Å²) in [6.45, 7) is 2.28. The van der Waals surface area contributed by atoms with Crippen molar-refractivity contribution >= 4 is 17.2 Å². The molecule has 0 spiro atoms. The molecule has 0 aliphatic heterocycles. The largest absolute Gasteiger partial charge is 0.493 e. The quantitative estimate of drug-likeness (QED) is 0.667. The van der Waals surface area contributed by atoms with Crippen LogP contribution >= 0.6 is 11.3 Å².